The van der Waals surface area contributed by atoms with Crippen LogP contribution in [0.15, 0.2) is 30.3 Å². The summed E-state index contributed by atoms with van der Waals surface area (Å²) in [4.78, 5) is 35.2. The first kappa shape index (κ1) is 16.2. The quantitative estimate of drug-likeness (QED) is 0.619. The van der Waals surface area contributed by atoms with Crippen LogP contribution in [0.2, 0.25) is 0 Å². The van der Waals surface area contributed by atoms with Gasteiger partial charge in [0.25, 0.3) is 0 Å². The second kappa shape index (κ2) is 5.66. The van der Waals surface area contributed by atoms with Gasteiger partial charge in [-0.05, 0) is 0 Å². The molecule has 0 N–H and O–H groups in total. The average molecular weight is 296 g/mol. The molecule has 1 rings (SSSR count). The van der Waals surface area contributed by atoms with Crippen LogP contribution in [0.5, 0.6) is 0 Å². The van der Waals surface area contributed by atoms with Crippen LogP contribution < -0.4 is 0 Å². The number of benzene rings is 1. The molecule has 0 atom stereocenters. The number of Topliss-reactive ketones (excluding diaryl/α,β-unsaturated/α-hetero) is 2. The van der Waals surface area contributed by atoms with Gasteiger partial charge in [0.1, 0.15) is 5.75 Å². The molecule has 1 aromatic rings. The topological polar surface area (TPSA) is 85.3 Å². The van der Waals surface area contributed by atoms with Crippen LogP contribution in [0.25, 0.3) is 0 Å². The molecule has 0 aliphatic rings. The molecule has 20 heavy (non-hydrogen) atoms. The lowest BCUT2D eigenvalue weighted by atomic mass is 9.92. The molecule has 1 aromatic carbocycles. The van der Waals surface area contributed by atoms with Gasteiger partial charge in [0.15, 0.2) is 5.78 Å². The Hall–Kier alpha value is -1.82. The maximum Gasteiger partial charge on any atom is 0.313 e. The van der Waals surface area contributed by atoms with Crippen LogP contribution in [0.4, 0.5) is 0 Å². The Morgan fingerprint density at radius 3 is 1.95 bits per heavy atom. The van der Waals surface area contributed by atoms with Crippen molar-refractivity contribution in [2.24, 2.45) is 5.41 Å². The largest absolute Gasteiger partial charge is 0.313 e. The van der Waals surface area contributed by atoms with Gasteiger partial charge < -0.3 is 0 Å². The van der Waals surface area contributed by atoms with Crippen LogP contribution >= 0.6 is 0 Å². The van der Waals surface area contributed by atoms with Crippen molar-refractivity contribution in [3.05, 3.63) is 35.9 Å². The Kier molecular flexibility index (Phi) is 4.60. The Morgan fingerprint density at radius 2 is 1.50 bits per heavy atom. The van der Waals surface area contributed by atoms with Crippen LogP contribution in [0.3, 0.4) is 0 Å². The first-order valence-electron chi connectivity index (χ1n) is 5.95. The summed E-state index contributed by atoms with van der Waals surface area (Å²) in [5, 5.41) is -1.51. The van der Waals surface area contributed by atoms with Gasteiger partial charge in [-0.25, -0.2) is 8.42 Å². The molecule has 0 fully saturated rings. The summed E-state index contributed by atoms with van der Waals surface area (Å²) in [5.41, 5.74) is -0.910. The van der Waals surface area contributed by atoms with E-state index in [1.807, 2.05) is 0 Å². The third-order valence-electron chi connectivity index (χ3n) is 2.57. The molecule has 0 heterocycles. The third-order valence-corrected chi connectivity index (χ3v) is 3.96. The average Bonchev–Trinajstić information content (AvgIpc) is 2.36. The van der Waals surface area contributed by atoms with Crippen LogP contribution in [-0.4, -0.2) is 30.9 Å². The highest BCUT2D eigenvalue weighted by Gasteiger charge is 2.37. The summed E-state index contributed by atoms with van der Waals surface area (Å²) >= 11 is 0. The van der Waals surface area contributed by atoms with E-state index in [0.29, 0.717) is 0 Å². The van der Waals surface area contributed by atoms with Crippen molar-refractivity contribution in [3.63, 3.8) is 0 Å². The monoisotopic (exact) mass is 296 g/mol. The molecule has 0 aliphatic carbocycles. The van der Waals surface area contributed by atoms with Crippen molar-refractivity contribution in [2.45, 2.75) is 20.8 Å². The highest BCUT2D eigenvalue weighted by atomic mass is 32.2. The Labute approximate surface area is 117 Å². The van der Waals surface area contributed by atoms with Crippen molar-refractivity contribution >= 4 is 26.5 Å². The number of rotatable bonds is 4. The van der Waals surface area contributed by atoms with Gasteiger partial charge in [0.05, 0.1) is 0 Å². The lowest BCUT2D eigenvalue weighted by molar-refractivity contribution is -0.137. The minimum Gasteiger partial charge on any atom is -0.293 e. The molecule has 0 unspecified atom stereocenters. The smallest absolute Gasteiger partial charge is 0.293 e. The van der Waals surface area contributed by atoms with E-state index in [0.717, 1.165) is 0 Å². The summed E-state index contributed by atoms with van der Waals surface area (Å²) in [7, 11) is -4.43. The fourth-order valence-corrected chi connectivity index (χ4v) is 2.62. The van der Waals surface area contributed by atoms with Gasteiger partial charge >= 0.3 is 5.12 Å². The van der Waals surface area contributed by atoms with Crippen molar-refractivity contribution < 1.29 is 22.8 Å². The van der Waals surface area contributed by atoms with Crippen LogP contribution in [-0.2, 0) is 19.4 Å². The fourth-order valence-electron chi connectivity index (χ4n) is 1.39. The Balaban J connectivity index is 2.94. The number of sulfone groups is 1. The maximum absolute atomic E-state index is 11.8. The van der Waals surface area contributed by atoms with Crippen LogP contribution in [0.1, 0.15) is 31.1 Å². The first-order valence-corrected chi connectivity index (χ1v) is 7.61. The standard InChI is InChI=1S/C14H16O5S/c1-14(2,3)12(16)13(17)20(18,19)9-11(15)10-7-5-4-6-8-10/h4-8H,9H2,1-3H3. The number of hydrogen-bond donors (Lipinski definition) is 0. The Bertz CT molecular complexity index is 636. The van der Waals surface area contributed by atoms with E-state index in [1.165, 1.54) is 32.9 Å². The van der Waals surface area contributed by atoms with Gasteiger partial charge in [-0.3, -0.25) is 14.4 Å². The van der Waals surface area contributed by atoms with Crippen molar-refractivity contribution in [2.75, 3.05) is 5.75 Å². The zero-order chi connectivity index (χ0) is 15.6. The predicted octanol–water partition coefficient (Wildman–Crippen LogP) is 1.43. The van der Waals surface area contributed by atoms with E-state index in [2.05, 4.69) is 0 Å². The SMILES string of the molecule is CC(C)(C)C(=O)C(=O)S(=O)(=O)CC(=O)c1ccccc1. The van der Waals surface area contributed by atoms with Crippen molar-refractivity contribution in [1.29, 1.82) is 0 Å². The van der Waals surface area contributed by atoms with E-state index in [4.69, 9.17) is 0 Å². The van der Waals surface area contributed by atoms with E-state index in [1.54, 1.807) is 18.2 Å². The second-order valence-electron chi connectivity index (χ2n) is 5.41. The molecule has 0 amide bonds. The molecule has 0 aliphatic heterocycles. The summed E-state index contributed by atoms with van der Waals surface area (Å²) in [6.07, 6.45) is 0. The third kappa shape index (κ3) is 3.84. The second-order valence-corrected chi connectivity index (χ2v) is 7.30. The van der Waals surface area contributed by atoms with E-state index in [9.17, 15) is 22.8 Å². The molecular formula is C14H16O5S. The van der Waals surface area contributed by atoms with Gasteiger partial charge in [-0.1, -0.05) is 51.1 Å². The van der Waals surface area contributed by atoms with E-state index in [-0.39, 0.29) is 5.56 Å². The first-order chi connectivity index (χ1) is 9.05. The minimum absolute atomic E-state index is 0.187. The molecule has 0 saturated carbocycles. The number of ketones is 2. The van der Waals surface area contributed by atoms with Gasteiger partial charge in [0, 0.05) is 11.0 Å². The molecule has 0 saturated heterocycles. The highest BCUT2D eigenvalue weighted by Crippen LogP contribution is 2.17. The molecular weight excluding hydrogens is 280 g/mol. The normalized spacial score (nSPS) is 11.9. The zero-order valence-corrected chi connectivity index (χ0v) is 12.4. The molecule has 6 heteroatoms. The maximum atomic E-state index is 11.8. The summed E-state index contributed by atoms with van der Waals surface area (Å²) in [5.74, 6) is -2.71. The minimum atomic E-state index is -4.43. The van der Waals surface area contributed by atoms with Gasteiger partial charge in [-0.15, -0.1) is 0 Å². The van der Waals surface area contributed by atoms with Gasteiger partial charge in [0.2, 0.25) is 15.6 Å². The molecule has 0 spiro atoms. The number of carbonyl (C=O) groups is 3. The molecule has 5 nitrogen and oxygen atoms in total. The zero-order valence-electron chi connectivity index (χ0n) is 11.5. The fraction of sp³-hybridized carbons (Fsp3) is 0.357. The van der Waals surface area contributed by atoms with E-state index >= 15 is 0 Å². The van der Waals surface area contributed by atoms with E-state index < -0.39 is 37.7 Å². The van der Waals surface area contributed by atoms with Crippen molar-refractivity contribution in [1.82, 2.24) is 0 Å². The molecule has 108 valence electrons. The Morgan fingerprint density at radius 1 is 1.00 bits per heavy atom. The predicted molar refractivity (Wildman–Crippen MR) is 74.0 cm³/mol. The lowest BCUT2D eigenvalue weighted by Gasteiger charge is -2.14. The van der Waals surface area contributed by atoms with Crippen LogP contribution in [0, 0.1) is 5.41 Å². The molecule has 0 bridgehead atoms. The summed E-state index contributed by atoms with van der Waals surface area (Å²) in [6, 6.07) is 7.76. The molecule has 0 aromatic heterocycles. The lowest BCUT2D eigenvalue weighted by Crippen LogP contribution is -2.36. The number of hydrogen-bond acceptors (Lipinski definition) is 5. The summed E-state index contributed by atoms with van der Waals surface area (Å²) < 4.78 is 23.6. The van der Waals surface area contributed by atoms with Gasteiger partial charge in [-0.2, -0.15) is 0 Å². The summed E-state index contributed by atoms with van der Waals surface area (Å²) in [6.45, 7) is 4.34. The molecule has 0 radical (unpaired) electrons. The highest BCUT2D eigenvalue weighted by molar-refractivity contribution is 8.08. The van der Waals surface area contributed by atoms with Crippen molar-refractivity contribution in [3.8, 4) is 0 Å². The number of carbonyl (C=O) groups excluding carboxylic acids is 3.